The maximum absolute atomic E-state index is 14.6. The van der Waals surface area contributed by atoms with Gasteiger partial charge in [0.2, 0.25) is 5.95 Å². The standard InChI is InChI=1S/C17H21ClFN5O2/c1-9(17(2,3)19)15-10(6-20)14(18)12-7-21-16(23-24(12)15)22-11-4-5-26-8-13(11)25/h7,9,11,13,25H,4-5,8H2,1-3H3,(H,22,23)/t9?,11-,13-/m0/s1. The third kappa shape index (κ3) is 3.34. The predicted molar refractivity (Wildman–Crippen MR) is 95.2 cm³/mol. The number of nitrogens with zero attached hydrogens (tertiary/aromatic N) is 4. The first-order chi connectivity index (χ1) is 12.2. The maximum Gasteiger partial charge on any atom is 0.241 e. The Balaban J connectivity index is 2.06. The Hall–Kier alpha value is -1.95. The molecule has 2 aromatic rings. The molecule has 7 nitrogen and oxygen atoms in total. The molecule has 9 heteroatoms. The van der Waals surface area contributed by atoms with Crippen LogP contribution in [0.1, 0.15) is 44.4 Å². The number of aliphatic hydroxyl groups excluding tert-OH is 1. The first-order valence-electron chi connectivity index (χ1n) is 8.42. The van der Waals surface area contributed by atoms with Gasteiger partial charge in [-0.25, -0.2) is 13.9 Å². The van der Waals surface area contributed by atoms with Crippen molar-refractivity contribution in [2.45, 2.75) is 50.9 Å². The molecule has 140 valence electrons. The Morgan fingerprint density at radius 3 is 2.92 bits per heavy atom. The number of rotatable bonds is 4. The van der Waals surface area contributed by atoms with E-state index in [1.54, 1.807) is 6.92 Å². The van der Waals surface area contributed by atoms with Gasteiger partial charge in [0.05, 0.1) is 41.2 Å². The van der Waals surface area contributed by atoms with Gasteiger partial charge in [0.15, 0.2) is 0 Å². The second kappa shape index (κ2) is 6.99. The number of ether oxygens (including phenoxy) is 1. The minimum Gasteiger partial charge on any atom is -0.389 e. The van der Waals surface area contributed by atoms with Gasteiger partial charge in [-0.1, -0.05) is 18.5 Å². The van der Waals surface area contributed by atoms with E-state index >= 15 is 0 Å². The number of hydrogen-bond donors (Lipinski definition) is 2. The first-order valence-corrected chi connectivity index (χ1v) is 8.80. The zero-order valence-electron chi connectivity index (χ0n) is 14.8. The molecule has 0 spiro atoms. The van der Waals surface area contributed by atoms with Crippen LogP contribution in [0.3, 0.4) is 0 Å². The second-order valence-electron chi connectivity index (χ2n) is 7.03. The van der Waals surface area contributed by atoms with Crippen molar-refractivity contribution in [2.75, 3.05) is 18.5 Å². The Bertz CT molecular complexity index is 857. The SMILES string of the molecule is CC(c1c(C#N)c(Cl)c2cnc(N[C@H]3CCOC[C@@H]3O)nn12)C(C)(C)F. The highest BCUT2D eigenvalue weighted by Gasteiger charge is 2.33. The van der Waals surface area contributed by atoms with Gasteiger partial charge < -0.3 is 15.2 Å². The molecule has 1 saturated heterocycles. The molecule has 0 aliphatic carbocycles. The molecule has 2 N–H and O–H groups in total. The molecule has 0 aromatic carbocycles. The summed E-state index contributed by atoms with van der Waals surface area (Å²) in [5.41, 5.74) is -0.536. The van der Waals surface area contributed by atoms with Crippen LogP contribution >= 0.6 is 11.6 Å². The van der Waals surface area contributed by atoms with Gasteiger partial charge in [0.1, 0.15) is 17.3 Å². The lowest BCUT2D eigenvalue weighted by atomic mass is 9.90. The molecule has 3 rings (SSSR count). The minimum atomic E-state index is -1.57. The van der Waals surface area contributed by atoms with Crippen LogP contribution in [0.25, 0.3) is 5.52 Å². The summed E-state index contributed by atoms with van der Waals surface area (Å²) >= 11 is 6.30. The smallest absolute Gasteiger partial charge is 0.241 e. The Morgan fingerprint density at radius 1 is 1.58 bits per heavy atom. The third-order valence-electron chi connectivity index (χ3n) is 4.85. The van der Waals surface area contributed by atoms with E-state index in [2.05, 4.69) is 21.5 Å². The maximum atomic E-state index is 14.6. The fourth-order valence-corrected chi connectivity index (χ4v) is 3.25. The van der Waals surface area contributed by atoms with Crippen LogP contribution in [0, 0.1) is 11.3 Å². The van der Waals surface area contributed by atoms with E-state index in [4.69, 9.17) is 16.3 Å². The van der Waals surface area contributed by atoms with E-state index in [-0.39, 0.29) is 29.2 Å². The van der Waals surface area contributed by atoms with Crippen molar-refractivity contribution >= 4 is 23.1 Å². The highest BCUT2D eigenvalue weighted by atomic mass is 35.5. The number of aromatic nitrogens is 3. The molecule has 3 atom stereocenters. The molecule has 0 amide bonds. The van der Waals surface area contributed by atoms with E-state index in [1.165, 1.54) is 24.6 Å². The molecule has 0 saturated carbocycles. The highest BCUT2D eigenvalue weighted by molar-refractivity contribution is 6.35. The number of nitrogens with one attached hydrogen (secondary N) is 1. The monoisotopic (exact) mass is 381 g/mol. The van der Waals surface area contributed by atoms with E-state index < -0.39 is 17.7 Å². The summed E-state index contributed by atoms with van der Waals surface area (Å²) in [5.74, 6) is -0.349. The summed E-state index contributed by atoms with van der Waals surface area (Å²) in [6.45, 7) is 5.36. The molecule has 1 unspecified atom stereocenters. The lowest BCUT2D eigenvalue weighted by Gasteiger charge is -2.28. The van der Waals surface area contributed by atoms with Gasteiger partial charge in [-0.2, -0.15) is 5.26 Å². The largest absolute Gasteiger partial charge is 0.389 e. The molecule has 2 aromatic heterocycles. The Kier molecular flexibility index (Phi) is 5.06. The number of hydrogen-bond acceptors (Lipinski definition) is 6. The fraction of sp³-hybridized carbons (Fsp3) is 0.588. The van der Waals surface area contributed by atoms with Crippen molar-refractivity contribution in [1.82, 2.24) is 14.6 Å². The third-order valence-corrected chi connectivity index (χ3v) is 5.24. The van der Waals surface area contributed by atoms with Gasteiger partial charge in [-0.3, -0.25) is 0 Å². The van der Waals surface area contributed by atoms with Crippen molar-refractivity contribution in [3.05, 3.63) is 22.5 Å². The molecule has 3 heterocycles. The minimum absolute atomic E-state index is 0.197. The van der Waals surface area contributed by atoms with Crippen LogP contribution in [-0.2, 0) is 4.74 Å². The zero-order valence-corrected chi connectivity index (χ0v) is 15.6. The Morgan fingerprint density at radius 2 is 2.31 bits per heavy atom. The summed E-state index contributed by atoms with van der Waals surface area (Å²) in [4.78, 5) is 4.22. The van der Waals surface area contributed by atoms with E-state index in [1.807, 2.05) is 0 Å². The lowest BCUT2D eigenvalue weighted by molar-refractivity contribution is -0.0136. The summed E-state index contributed by atoms with van der Waals surface area (Å²) in [6.07, 6.45) is 1.43. The van der Waals surface area contributed by atoms with Crippen molar-refractivity contribution in [2.24, 2.45) is 0 Å². The van der Waals surface area contributed by atoms with Crippen molar-refractivity contribution in [1.29, 1.82) is 5.26 Å². The second-order valence-corrected chi connectivity index (χ2v) is 7.41. The summed E-state index contributed by atoms with van der Waals surface area (Å²) < 4.78 is 21.3. The molecule has 0 bridgehead atoms. The average Bonchev–Trinajstić information content (AvgIpc) is 2.87. The van der Waals surface area contributed by atoms with Crippen LogP contribution in [0.2, 0.25) is 5.02 Å². The molecular formula is C17H21ClFN5O2. The normalized spacial score (nSPS) is 22.2. The van der Waals surface area contributed by atoms with Crippen molar-refractivity contribution in [3.8, 4) is 6.07 Å². The number of nitriles is 1. The summed E-state index contributed by atoms with van der Waals surface area (Å²) in [5, 5.41) is 27.2. The quantitative estimate of drug-likeness (QED) is 0.845. The molecule has 1 fully saturated rings. The van der Waals surface area contributed by atoms with Crippen LogP contribution < -0.4 is 5.32 Å². The number of halogens is 2. The van der Waals surface area contributed by atoms with E-state index in [0.29, 0.717) is 24.2 Å². The van der Waals surface area contributed by atoms with Crippen LogP contribution in [0.15, 0.2) is 6.20 Å². The summed E-state index contributed by atoms with van der Waals surface area (Å²) in [7, 11) is 0. The lowest BCUT2D eigenvalue weighted by Crippen LogP contribution is -2.42. The van der Waals surface area contributed by atoms with Crippen molar-refractivity contribution < 1.29 is 14.2 Å². The van der Waals surface area contributed by atoms with Gasteiger partial charge >= 0.3 is 0 Å². The molecule has 0 radical (unpaired) electrons. The van der Waals surface area contributed by atoms with E-state index in [0.717, 1.165) is 0 Å². The molecule has 1 aliphatic heterocycles. The summed E-state index contributed by atoms with van der Waals surface area (Å²) in [6, 6.07) is 1.80. The van der Waals surface area contributed by atoms with Crippen LogP contribution in [0.4, 0.5) is 10.3 Å². The zero-order chi connectivity index (χ0) is 19.1. The number of fused-ring (bicyclic) bond motifs is 1. The number of anilines is 1. The molecule has 26 heavy (non-hydrogen) atoms. The number of alkyl halides is 1. The van der Waals surface area contributed by atoms with Crippen LogP contribution in [0.5, 0.6) is 0 Å². The van der Waals surface area contributed by atoms with Gasteiger partial charge in [-0.15, -0.1) is 5.10 Å². The number of aliphatic hydroxyl groups is 1. The first kappa shape index (κ1) is 18.8. The average molecular weight is 382 g/mol. The van der Waals surface area contributed by atoms with E-state index in [9.17, 15) is 14.8 Å². The van der Waals surface area contributed by atoms with Crippen LogP contribution in [-0.4, -0.2) is 50.7 Å². The molecular weight excluding hydrogens is 361 g/mol. The van der Waals surface area contributed by atoms with Gasteiger partial charge in [-0.05, 0) is 20.3 Å². The van der Waals surface area contributed by atoms with Gasteiger partial charge in [0.25, 0.3) is 0 Å². The van der Waals surface area contributed by atoms with Gasteiger partial charge in [0, 0.05) is 12.5 Å². The predicted octanol–water partition coefficient (Wildman–Crippen LogP) is 2.67. The fourth-order valence-electron chi connectivity index (χ4n) is 2.99. The topological polar surface area (TPSA) is 95.5 Å². The van der Waals surface area contributed by atoms with Crippen molar-refractivity contribution in [3.63, 3.8) is 0 Å². The highest BCUT2D eigenvalue weighted by Crippen LogP contribution is 2.38. The molecule has 1 aliphatic rings. The Labute approximate surface area is 155 Å².